The number of hydrogen-bond donors (Lipinski definition) is 2. The summed E-state index contributed by atoms with van der Waals surface area (Å²) < 4.78 is 18.0. The summed E-state index contributed by atoms with van der Waals surface area (Å²) in [6.45, 7) is 1.92. The molecule has 0 bridgehead atoms. The zero-order valence-corrected chi connectivity index (χ0v) is 19.4. The summed E-state index contributed by atoms with van der Waals surface area (Å²) in [5.41, 5.74) is 10.5. The first-order valence-electron chi connectivity index (χ1n) is 11.1. The summed E-state index contributed by atoms with van der Waals surface area (Å²) in [5, 5.41) is 11.9. The Labute approximate surface area is 198 Å². The van der Waals surface area contributed by atoms with Crippen LogP contribution in [-0.2, 0) is 11.0 Å². The molecule has 9 nitrogen and oxygen atoms in total. The summed E-state index contributed by atoms with van der Waals surface area (Å²) in [6, 6.07) is 12.0. The third kappa shape index (κ3) is 4.01. The molecule has 0 radical (unpaired) electrons. The van der Waals surface area contributed by atoms with Crippen LogP contribution in [0.4, 0.5) is 17.2 Å². The van der Waals surface area contributed by atoms with Crippen molar-refractivity contribution in [3.63, 3.8) is 0 Å². The number of nitrogens with two attached hydrogens (primary N) is 1. The van der Waals surface area contributed by atoms with Crippen molar-refractivity contribution in [2.75, 3.05) is 10.5 Å². The van der Waals surface area contributed by atoms with E-state index in [0.29, 0.717) is 22.4 Å². The molecule has 4 aromatic rings. The Hall–Kier alpha value is -3.79. The molecule has 10 heteroatoms. The van der Waals surface area contributed by atoms with E-state index in [1.807, 2.05) is 25.1 Å². The fourth-order valence-corrected chi connectivity index (χ4v) is 5.58. The van der Waals surface area contributed by atoms with Gasteiger partial charge < -0.3 is 15.0 Å². The highest BCUT2D eigenvalue weighted by Crippen LogP contribution is 2.39. The third-order valence-corrected chi connectivity index (χ3v) is 7.43. The van der Waals surface area contributed by atoms with E-state index in [0.717, 1.165) is 40.6 Å². The van der Waals surface area contributed by atoms with Gasteiger partial charge in [-0.15, -0.1) is 0 Å². The average Bonchev–Trinajstić information content (AvgIpc) is 3.49. The fourth-order valence-electron chi connectivity index (χ4n) is 4.60. The number of nitro benzene ring substituents is 1. The van der Waals surface area contributed by atoms with E-state index >= 15 is 0 Å². The van der Waals surface area contributed by atoms with Gasteiger partial charge in [0.1, 0.15) is 17.8 Å². The first-order chi connectivity index (χ1) is 16.4. The number of aryl methyl sites for hydroxylation is 1. The van der Waals surface area contributed by atoms with Crippen LogP contribution >= 0.6 is 0 Å². The lowest BCUT2D eigenvalue weighted by molar-refractivity contribution is -0.385. The van der Waals surface area contributed by atoms with Crippen molar-refractivity contribution < 1.29 is 9.13 Å². The molecule has 34 heavy (non-hydrogen) atoms. The van der Waals surface area contributed by atoms with Crippen LogP contribution in [0.2, 0.25) is 0 Å². The Morgan fingerprint density at radius 1 is 1.18 bits per heavy atom. The Balaban J connectivity index is 1.48. The highest BCUT2D eigenvalue weighted by Gasteiger charge is 2.23. The fraction of sp³-hybridized carbons (Fsp3) is 0.250. The molecule has 0 spiro atoms. The van der Waals surface area contributed by atoms with Gasteiger partial charge in [-0.2, -0.15) is 0 Å². The van der Waals surface area contributed by atoms with Gasteiger partial charge in [0.25, 0.3) is 5.69 Å². The number of nitrogen functional groups attached to an aromatic ring is 1. The van der Waals surface area contributed by atoms with E-state index in [9.17, 15) is 14.3 Å². The molecule has 1 saturated carbocycles. The van der Waals surface area contributed by atoms with Crippen molar-refractivity contribution in [3.8, 4) is 11.1 Å². The lowest BCUT2D eigenvalue weighted by atomic mass is 10.0. The quantitative estimate of drug-likeness (QED) is 0.293. The Morgan fingerprint density at radius 3 is 2.71 bits per heavy atom. The molecule has 1 aliphatic carbocycles. The number of benzene rings is 2. The molecular weight excluding hydrogens is 452 g/mol. The van der Waals surface area contributed by atoms with Crippen LogP contribution in [0.15, 0.2) is 59.9 Å². The van der Waals surface area contributed by atoms with Crippen LogP contribution in [0, 0.1) is 17.0 Å². The van der Waals surface area contributed by atoms with Gasteiger partial charge in [0.05, 0.1) is 15.2 Å². The number of nitrogens with zero attached hydrogens (tertiary/aromatic N) is 4. The molecule has 1 atom stereocenters. The van der Waals surface area contributed by atoms with Crippen molar-refractivity contribution in [1.82, 2.24) is 14.5 Å². The van der Waals surface area contributed by atoms with E-state index in [2.05, 4.69) is 25.5 Å². The number of rotatable bonds is 6. The predicted octanol–water partition coefficient (Wildman–Crippen LogP) is 5.15. The van der Waals surface area contributed by atoms with Crippen molar-refractivity contribution in [2.45, 2.75) is 43.5 Å². The Bertz CT molecular complexity index is 1430. The minimum Gasteiger partial charge on any atom is -0.383 e. The van der Waals surface area contributed by atoms with Crippen molar-refractivity contribution >= 4 is 39.2 Å². The molecule has 0 aliphatic heterocycles. The molecule has 174 valence electrons. The third-order valence-electron chi connectivity index (χ3n) is 6.34. The van der Waals surface area contributed by atoms with Crippen molar-refractivity contribution in [1.29, 1.82) is 0 Å². The molecule has 2 heterocycles. The van der Waals surface area contributed by atoms with Gasteiger partial charge in [-0.1, -0.05) is 25.0 Å². The van der Waals surface area contributed by atoms with Crippen LogP contribution in [0.3, 0.4) is 0 Å². The second-order valence-corrected chi connectivity index (χ2v) is 9.71. The number of nitrogens with one attached hydrogen (secondary N) is 1. The predicted molar refractivity (Wildman–Crippen MR) is 133 cm³/mol. The van der Waals surface area contributed by atoms with Crippen LogP contribution in [0.1, 0.15) is 37.3 Å². The molecule has 0 saturated heterocycles. The number of non-ortho nitro benzene ring substituents is 1. The summed E-state index contributed by atoms with van der Waals surface area (Å²) >= 11 is 0. The number of anilines is 2. The summed E-state index contributed by atoms with van der Waals surface area (Å²) in [6.07, 6.45) is 8.29. The smallest absolute Gasteiger partial charge is 0.270 e. The van der Waals surface area contributed by atoms with E-state index < -0.39 is 15.9 Å². The number of nitro groups is 1. The van der Waals surface area contributed by atoms with Gasteiger partial charge in [0.2, 0.25) is 0 Å². The summed E-state index contributed by atoms with van der Waals surface area (Å²) in [5.74, 6) is 0.448. The summed E-state index contributed by atoms with van der Waals surface area (Å²) in [7, 11) is -1.64. The lowest BCUT2D eigenvalue weighted by Crippen LogP contribution is -2.06. The van der Waals surface area contributed by atoms with Crippen molar-refractivity contribution in [3.05, 3.63) is 70.7 Å². The van der Waals surface area contributed by atoms with E-state index in [1.165, 1.54) is 37.4 Å². The van der Waals surface area contributed by atoms with Crippen LogP contribution < -0.4 is 10.5 Å². The lowest BCUT2D eigenvalue weighted by Gasteiger charge is -2.12. The maximum absolute atomic E-state index is 12.8. The van der Waals surface area contributed by atoms with Gasteiger partial charge in [-0.25, -0.2) is 14.2 Å². The molecule has 2 aromatic carbocycles. The minimum absolute atomic E-state index is 0.0989. The van der Waals surface area contributed by atoms with Gasteiger partial charge in [-0.05, 0) is 49.1 Å². The molecule has 1 aliphatic rings. The number of fused-ring (bicyclic) bond motifs is 1. The number of hydrogen-bond acceptors (Lipinski definition) is 6. The van der Waals surface area contributed by atoms with E-state index in [1.54, 1.807) is 6.07 Å². The molecular formula is C24H24N6O3S. The minimum atomic E-state index is -1.64. The monoisotopic (exact) mass is 476 g/mol. The second kappa shape index (κ2) is 8.86. The molecule has 1 unspecified atom stereocenters. The molecule has 1 fully saturated rings. The standard InChI is InChI=1S/C24H24N6O3S/c1-15-11-16(9-10-21(15)28-34(33)19-8-4-7-18(12-19)30(31)32)20-13-29(17-5-2-3-6-17)24-22(20)23(25)26-14-27-24/h4,7-14,17,28H,2-3,5-6H2,1H3,(H2,25,26,27). The van der Waals surface area contributed by atoms with Gasteiger partial charge in [-0.3, -0.25) is 10.1 Å². The zero-order valence-electron chi connectivity index (χ0n) is 18.6. The SMILES string of the molecule is Cc1cc(-c2cn(C3CCCC3)c3ncnc(N)c23)ccc1NS(=O)c1cccc([N+](=O)[O-])c1. The second-order valence-electron chi connectivity index (χ2n) is 8.50. The normalized spacial score (nSPS) is 15.0. The molecule has 0 amide bonds. The van der Waals surface area contributed by atoms with Crippen LogP contribution in [0.25, 0.3) is 22.2 Å². The van der Waals surface area contributed by atoms with Crippen molar-refractivity contribution in [2.24, 2.45) is 0 Å². The highest BCUT2D eigenvalue weighted by molar-refractivity contribution is 7.86. The first kappa shape index (κ1) is 22.0. The van der Waals surface area contributed by atoms with E-state index in [-0.39, 0.29) is 5.69 Å². The first-order valence-corrected chi connectivity index (χ1v) is 12.2. The van der Waals surface area contributed by atoms with Crippen LogP contribution in [0.5, 0.6) is 0 Å². The van der Waals surface area contributed by atoms with Gasteiger partial charge >= 0.3 is 0 Å². The maximum Gasteiger partial charge on any atom is 0.270 e. The summed E-state index contributed by atoms with van der Waals surface area (Å²) in [4.78, 5) is 19.6. The van der Waals surface area contributed by atoms with Gasteiger partial charge in [0.15, 0.2) is 11.0 Å². The molecule has 5 rings (SSSR count). The van der Waals surface area contributed by atoms with E-state index in [4.69, 9.17) is 5.73 Å². The Morgan fingerprint density at radius 2 is 1.97 bits per heavy atom. The topological polar surface area (TPSA) is 129 Å². The van der Waals surface area contributed by atoms with Crippen LogP contribution in [-0.4, -0.2) is 23.7 Å². The maximum atomic E-state index is 12.8. The number of aromatic nitrogens is 3. The average molecular weight is 477 g/mol. The molecule has 2 aromatic heterocycles. The largest absolute Gasteiger partial charge is 0.383 e. The zero-order chi connectivity index (χ0) is 23.8. The Kier molecular flexibility index (Phi) is 5.74. The highest BCUT2D eigenvalue weighted by atomic mass is 32.2. The van der Waals surface area contributed by atoms with Gasteiger partial charge in [0, 0.05) is 35.6 Å². The molecule has 3 N–H and O–H groups in total.